The van der Waals surface area contributed by atoms with Crippen LogP contribution in [0.5, 0.6) is 0 Å². The second-order valence-electron chi connectivity index (χ2n) is 6.72. The fourth-order valence-electron chi connectivity index (χ4n) is 3.05. The van der Waals surface area contributed by atoms with Crippen molar-refractivity contribution in [1.29, 1.82) is 0 Å². The summed E-state index contributed by atoms with van der Waals surface area (Å²) >= 11 is 0. The highest BCUT2D eigenvalue weighted by Crippen LogP contribution is 2.29. The van der Waals surface area contributed by atoms with E-state index in [4.69, 9.17) is 9.97 Å². The number of fused-ring (bicyclic) bond motifs is 1. The van der Waals surface area contributed by atoms with Gasteiger partial charge in [0, 0.05) is 36.3 Å². The Morgan fingerprint density at radius 2 is 1.35 bits per heavy atom. The Hall–Kier alpha value is -3.20. The normalized spacial score (nSPS) is 10.9. The minimum atomic E-state index is 0.754. The molecule has 0 aliphatic carbocycles. The summed E-state index contributed by atoms with van der Waals surface area (Å²) in [5.74, 6) is 0.754. The van der Waals surface area contributed by atoms with Gasteiger partial charge < -0.3 is 4.90 Å². The molecule has 0 saturated heterocycles. The van der Waals surface area contributed by atoms with Crippen molar-refractivity contribution < 1.29 is 0 Å². The van der Waals surface area contributed by atoms with Gasteiger partial charge in [-0.1, -0.05) is 48.0 Å². The van der Waals surface area contributed by atoms with E-state index < -0.39 is 0 Å². The molecule has 0 aliphatic heterocycles. The number of nitrogens with zero attached hydrogens (tertiary/aromatic N) is 3. The van der Waals surface area contributed by atoms with Gasteiger partial charge in [0.1, 0.15) is 0 Å². The third kappa shape index (κ3) is 3.04. The molecule has 0 fully saturated rings. The molecule has 0 amide bonds. The van der Waals surface area contributed by atoms with Gasteiger partial charge in [-0.3, -0.25) is 0 Å². The van der Waals surface area contributed by atoms with E-state index in [1.807, 2.05) is 32.3 Å². The van der Waals surface area contributed by atoms with E-state index in [0.717, 1.165) is 39.2 Å². The zero-order valence-corrected chi connectivity index (χ0v) is 15.3. The van der Waals surface area contributed by atoms with E-state index in [-0.39, 0.29) is 0 Å². The van der Waals surface area contributed by atoms with E-state index >= 15 is 0 Å². The highest BCUT2D eigenvalue weighted by Gasteiger charge is 2.11. The van der Waals surface area contributed by atoms with Crippen molar-refractivity contribution in [2.24, 2.45) is 0 Å². The highest BCUT2D eigenvalue weighted by molar-refractivity contribution is 5.93. The van der Waals surface area contributed by atoms with Gasteiger partial charge in [-0.2, -0.15) is 0 Å². The lowest BCUT2D eigenvalue weighted by Crippen LogP contribution is -2.08. The maximum absolute atomic E-state index is 4.92. The van der Waals surface area contributed by atoms with Crippen molar-refractivity contribution >= 4 is 16.6 Å². The fourth-order valence-corrected chi connectivity index (χ4v) is 3.05. The van der Waals surface area contributed by atoms with Gasteiger partial charge in [-0.15, -0.1) is 0 Å². The molecular weight excluding hydrogens is 318 g/mol. The molecule has 3 nitrogen and oxygen atoms in total. The summed E-state index contributed by atoms with van der Waals surface area (Å²) in [6.07, 6.45) is 0. The number of rotatable bonds is 3. The Balaban J connectivity index is 1.90. The minimum absolute atomic E-state index is 0.754. The van der Waals surface area contributed by atoms with Crippen LogP contribution in [-0.2, 0) is 0 Å². The number of benzene rings is 3. The van der Waals surface area contributed by atoms with E-state index in [1.165, 1.54) is 5.56 Å². The highest BCUT2D eigenvalue weighted by atomic mass is 15.1. The molecular formula is C23H21N3. The first-order valence-electron chi connectivity index (χ1n) is 8.73. The van der Waals surface area contributed by atoms with Crippen LogP contribution in [0.1, 0.15) is 5.56 Å². The monoisotopic (exact) mass is 339 g/mol. The first kappa shape index (κ1) is 16.3. The molecule has 0 bridgehead atoms. The van der Waals surface area contributed by atoms with Crippen LogP contribution in [0.3, 0.4) is 0 Å². The number of aromatic nitrogens is 2. The number of para-hydroxylation sites is 1. The lowest BCUT2D eigenvalue weighted by Gasteiger charge is -2.13. The zero-order valence-electron chi connectivity index (χ0n) is 15.3. The summed E-state index contributed by atoms with van der Waals surface area (Å²) in [7, 11) is 4.08. The smallest absolute Gasteiger partial charge is 0.160 e. The molecule has 0 atom stereocenters. The zero-order chi connectivity index (χ0) is 18.1. The molecule has 4 rings (SSSR count). The van der Waals surface area contributed by atoms with Crippen molar-refractivity contribution in [3.63, 3.8) is 0 Å². The van der Waals surface area contributed by atoms with Crippen LogP contribution in [0, 0.1) is 6.92 Å². The van der Waals surface area contributed by atoms with Crippen molar-refractivity contribution in [3.05, 3.63) is 78.4 Å². The number of hydrogen-bond donors (Lipinski definition) is 0. The first-order chi connectivity index (χ1) is 12.6. The molecule has 128 valence electrons. The molecule has 3 aromatic carbocycles. The molecule has 0 aliphatic rings. The molecule has 0 N–H and O–H groups in total. The Bertz CT molecular complexity index is 1050. The van der Waals surface area contributed by atoms with Crippen molar-refractivity contribution in [1.82, 2.24) is 9.97 Å². The van der Waals surface area contributed by atoms with E-state index in [2.05, 4.69) is 66.4 Å². The average molecular weight is 339 g/mol. The van der Waals surface area contributed by atoms with Gasteiger partial charge in [0.25, 0.3) is 0 Å². The van der Waals surface area contributed by atoms with Crippen molar-refractivity contribution in [2.75, 3.05) is 19.0 Å². The average Bonchev–Trinajstić information content (AvgIpc) is 2.68. The Morgan fingerprint density at radius 3 is 2.04 bits per heavy atom. The fraction of sp³-hybridized carbons (Fsp3) is 0.130. The summed E-state index contributed by atoms with van der Waals surface area (Å²) in [6.45, 7) is 2.10. The van der Waals surface area contributed by atoms with E-state index in [1.54, 1.807) is 0 Å². The largest absolute Gasteiger partial charge is 0.378 e. The van der Waals surface area contributed by atoms with Crippen LogP contribution in [0.2, 0.25) is 0 Å². The van der Waals surface area contributed by atoms with Gasteiger partial charge in [-0.05, 0) is 37.3 Å². The number of hydrogen-bond acceptors (Lipinski definition) is 3. The van der Waals surface area contributed by atoms with Crippen LogP contribution in [0.4, 0.5) is 5.69 Å². The van der Waals surface area contributed by atoms with Gasteiger partial charge >= 0.3 is 0 Å². The topological polar surface area (TPSA) is 29.0 Å². The first-order valence-corrected chi connectivity index (χ1v) is 8.73. The van der Waals surface area contributed by atoms with Crippen LogP contribution < -0.4 is 4.90 Å². The lowest BCUT2D eigenvalue weighted by molar-refractivity contribution is 1.13. The third-order valence-corrected chi connectivity index (χ3v) is 4.57. The maximum atomic E-state index is 4.92. The Morgan fingerprint density at radius 1 is 0.692 bits per heavy atom. The Kier molecular flexibility index (Phi) is 4.13. The number of anilines is 1. The molecule has 3 heteroatoms. The molecule has 0 spiro atoms. The molecule has 1 aromatic heterocycles. The summed E-state index contributed by atoms with van der Waals surface area (Å²) in [4.78, 5) is 11.8. The third-order valence-electron chi connectivity index (χ3n) is 4.57. The molecule has 4 aromatic rings. The van der Waals surface area contributed by atoms with Crippen LogP contribution >= 0.6 is 0 Å². The minimum Gasteiger partial charge on any atom is -0.378 e. The maximum Gasteiger partial charge on any atom is 0.160 e. The lowest BCUT2D eigenvalue weighted by atomic mass is 10.0. The van der Waals surface area contributed by atoms with Gasteiger partial charge in [0.2, 0.25) is 0 Å². The quantitative estimate of drug-likeness (QED) is 0.504. The molecule has 1 heterocycles. The van der Waals surface area contributed by atoms with Crippen LogP contribution in [0.25, 0.3) is 33.5 Å². The van der Waals surface area contributed by atoms with Crippen LogP contribution in [0.15, 0.2) is 72.8 Å². The van der Waals surface area contributed by atoms with E-state index in [9.17, 15) is 0 Å². The van der Waals surface area contributed by atoms with Crippen molar-refractivity contribution in [2.45, 2.75) is 6.92 Å². The SMILES string of the molecule is Cc1ccc(-c2nc(-c3ccc(N(C)C)cc3)nc3ccccc23)cc1. The Labute approximate surface area is 154 Å². The standard InChI is InChI=1S/C23H21N3/c1-16-8-10-17(11-9-16)22-20-6-4-5-7-21(20)24-23(25-22)18-12-14-19(15-13-18)26(2)3/h4-15H,1-3H3. The van der Waals surface area contributed by atoms with Gasteiger partial charge in [0.15, 0.2) is 5.82 Å². The molecule has 0 saturated carbocycles. The molecule has 0 radical (unpaired) electrons. The van der Waals surface area contributed by atoms with Gasteiger partial charge in [-0.25, -0.2) is 9.97 Å². The van der Waals surface area contributed by atoms with Gasteiger partial charge in [0.05, 0.1) is 11.2 Å². The summed E-state index contributed by atoms with van der Waals surface area (Å²) < 4.78 is 0. The predicted octanol–water partition coefficient (Wildman–Crippen LogP) is 5.34. The van der Waals surface area contributed by atoms with Crippen LogP contribution in [-0.4, -0.2) is 24.1 Å². The second kappa shape index (κ2) is 6.60. The summed E-state index contributed by atoms with van der Waals surface area (Å²) in [6, 6.07) is 25.1. The predicted molar refractivity (Wildman–Crippen MR) is 109 cm³/mol. The summed E-state index contributed by atoms with van der Waals surface area (Å²) in [5, 5.41) is 1.07. The molecule has 26 heavy (non-hydrogen) atoms. The number of aryl methyl sites for hydroxylation is 1. The summed E-state index contributed by atoms with van der Waals surface area (Å²) in [5.41, 5.74) is 6.47. The molecule has 0 unspecified atom stereocenters. The second-order valence-corrected chi connectivity index (χ2v) is 6.72. The van der Waals surface area contributed by atoms with E-state index in [0.29, 0.717) is 0 Å². The van der Waals surface area contributed by atoms with Crippen molar-refractivity contribution in [3.8, 4) is 22.6 Å².